The highest BCUT2D eigenvalue weighted by Gasteiger charge is 2.40. The summed E-state index contributed by atoms with van der Waals surface area (Å²) >= 11 is 0. The van der Waals surface area contributed by atoms with Gasteiger partial charge in [-0.05, 0) is 38.1 Å². The van der Waals surface area contributed by atoms with E-state index in [1.165, 1.54) is 10.8 Å². The first-order valence-electron chi connectivity index (χ1n) is 10.9. The van der Waals surface area contributed by atoms with E-state index >= 15 is 0 Å². The lowest BCUT2D eigenvalue weighted by atomic mass is 10.1. The predicted molar refractivity (Wildman–Crippen MR) is 127 cm³/mol. The van der Waals surface area contributed by atoms with Crippen LogP contribution in [0.1, 0.15) is 44.5 Å². The minimum absolute atomic E-state index is 0.0143. The Hall–Kier alpha value is -3.98. The number of amides is 2. The summed E-state index contributed by atoms with van der Waals surface area (Å²) in [6.45, 7) is 4.23. The number of rotatable bonds is 8. The molecule has 178 valence electrons. The highest BCUT2D eigenvalue weighted by atomic mass is 16.6. The van der Waals surface area contributed by atoms with Crippen LogP contribution in [0.5, 0.6) is 11.5 Å². The predicted octanol–water partition coefficient (Wildman–Crippen LogP) is 2.70. The second-order valence-corrected chi connectivity index (χ2v) is 8.40. The van der Waals surface area contributed by atoms with Crippen LogP contribution in [-0.2, 0) is 4.74 Å². The molecule has 0 bridgehead atoms. The van der Waals surface area contributed by atoms with Gasteiger partial charge in [-0.2, -0.15) is 0 Å². The number of anilines is 1. The van der Waals surface area contributed by atoms with Crippen LogP contribution in [0.3, 0.4) is 0 Å². The number of nitrogens with two attached hydrogens (primary N) is 3. The third-order valence-electron chi connectivity index (χ3n) is 5.82. The molecule has 1 aliphatic heterocycles. The molecular formula is C25H28N4O5. The molecule has 1 fully saturated rings. The van der Waals surface area contributed by atoms with E-state index in [9.17, 15) is 9.59 Å². The maximum absolute atomic E-state index is 11.9. The van der Waals surface area contributed by atoms with Crippen LogP contribution < -0.4 is 26.7 Å². The van der Waals surface area contributed by atoms with Gasteiger partial charge in [0, 0.05) is 12.6 Å². The van der Waals surface area contributed by atoms with Gasteiger partial charge in [-0.1, -0.05) is 35.4 Å². The van der Waals surface area contributed by atoms with Gasteiger partial charge in [0.2, 0.25) is 0 Å². The lowest BCUT2D eigenvalue weighted by Gasteiger charge is -2.20. The van der Waals surface area contributed by atoms with Crippen LogP contribution in [0.2, 0.25) is 0 Å². The molecule has 0 aliphatic carbocycles. The number of hydrogen-bond donors (Lipinski definition) is 3. The minimum Gasteiger partial charge on any atom is -0.491 e. The van der Waals surface area contributed by atoms with Crippen LogP contribution in [0.25, 0.3) is 0 Å². The van der Waals surface area contributed by atoms with Crippen LogP contribution in [-0.4, -0.2) is 35.2 Å². The zero-order chi connectivity index (χ0) is 24.4. The van der Waals surface area contributed by atoms with E-state index in [4.69, 9.17) is 31.4 Å². The lowest BCUT2D eigenvalue weighted by molar-refractivity contribution is -0.0345. The number of carbonyl (C=O) groups is 2. The molecular weight excluding hydrogens is 436 g/mol. The van der Waals surface area contributed by atoms with Gasteiger partial charge in [0.1, 0.15) is 42.4 Å². The molecule has 1 saturated heterocycles. The van der Waals surface area contributed by atoms with Gasteiger partial charge in [-0.25, -0.2) is 0 Å². The summed E-state index contributed by atoms with van der Waals surface area (Å²) in [6, 6.07) is 15.4. The molecule has 6 N–H and O–H groups in total. The van der Waals surface area contributed by atoms with Gasteiger partial charge in [0.15, 0.2) is 0 Å². The second kappa shape index (κ2) is 9.48. The standard InChI is InChI=1S/C25H28N4O5/c1-14-3-7-16(8-4-14)32-13-20-19(33-17-9-5-15(2)6-10-17)11-21(34-20)29-12-18(24(27)30)22(23(29)26)25(28)31/h3-10,12,19-21H,11,13,26H2,1-2H3,(H2,27,30)(H2,28,31)/t19-,20+,21?/m0/s1. The van der Waals surface area contributed by atoms with Crippen molar-refractivity contribution >= 4 is 17.6 Å². The molecule has 4 rings (SSSR count). The third-order valence-corrected chi connectivity index (χ3v) is 5.82. The zero-order valence-electron chi connectivity index (χ0n) is 19.1. The highest BCUT2D eigenvalue weighted by molar-refractivity contribution is 6.09. The monoisotopic (exact) mass is 464 g/mol. The minimum atomic E-state index is -0.838. The Bertz CT molecular complexity index is 1190. The molecule has 9 nitrogen and oxygen atoms in total. The fourth-order valence-corrected chi connectivity index (χ4v) is 3.97. The van der Waals surface area contributed by atoms with Gasteiger partial charge < -0.3 is 36.0 Å². The Balaban J connectivity index is 1.59. The van der Waals surface area contributed by atoms with Gasteiger partial charge >= 0.3 is 0 Å². The van der Waals surface area contributed by atoms with Crippen molar-refractivity contribution in [2.75, 3.05) is 12.3 Å². The van der Waals surface area contributed by atoms with Crippen molar-refractivity contribution in [3.63, 3.8) is 0 Å². The second-order valence-electron chi connectivity index (χ2n) is 8.40. The molecule has 9 heteroatoms. The van der Waals surface area contributed by atoms with E-state index in [0.717, 1.165) is 11.1 Å². The quantitative estimate of drug-likeness (QED) is 0.467. The van der Waals surface area contributed by atoms with E-state index in [1.807, 2.05) is 62.4 Å². The van der Waals surface area contributed by atoms with E-state index in [0.29, 0.717) is 17.9 Å². The summed E-state index contributed by atoms with van der Waals surface area (Å²) < 4.78 is 19.9. The topological polar surface area (TPSA) is 145 Å². The molecule has 3 atom stereocenters. The lowest BCUT2D eigenvalue weighted by Crippen LogP contribution is -2.32. The Morgan fingerprint density at radius 2 is 1.56 bits per heavy atom. The average molecular weight is 465 g/mol. The number of nitrogen functional groups attached to an aromatic ring is 1. The fourth-order valence-electron chi connectivity index (χ4n) is 3.97. The van der Waals surface area contributed by atoms with E-state index < -0.39 is 24.1 Å². The smallest absolute Gasteiger partial charge is 0.253 e. The molecule has 2 aromatic carbocycles. The normalized spacial score (nSPS) is 19.6. The van der Waals surface area contributed by atoms with Gasteiger partial charge in [-0.3, -0.25) is 9.59 Å². The van der Waals surface area contributed by atoms with Crippen LogP contribution >= 0.6 is 0 Å². The maximum Gasteiger partial charge on any atom is 0.253 e. The number of aromatic nitrogens is 1. The van der Waals surface area contributed by atoms with Crippen molar-refractivity contribution in [1.82, 2.24) is 4.57 Å². The van der Waals surface area contributed by atoms with Crippen molar-refractivity contribution in [2.45, 2.75) is 38.7 Å². The molecule has 34 heavy (non-hydrogen) atoms. The number of carbonyl (C=O) groups excluding carboxylic acids is 2. The zero-order valence-corrected chi connectivity index (χ0v) is 19.1. The molecule has 3 aromatic rings. The first-order valence-corrected chi connectivity index (χ1v) is 10.9. The molecule has 1 aliphatic rings. The van der Waals surface area contributed by atoms with Gasteiger partial charge in [-0.15, -0.1) is 0 Å². The van der Waals surface area contributed by atoms with E-state index in [-0.39, 0.29) is 29.7 Å². The molecule has 1 aromatic heterocycles. The number of benzene rings is 2. The van der Waals surface area contributed by atoms with Crippen LogP contribution in [0, 0.1) is 13.8 Å². The first kappa shape index (κ1) is 23.2. The molecule has 0 saturated carbocycles. The Morgan fingerprint density at radius 1 is 0.971 bits per heavy atom. The van der Waals surface area contributed by atoms with Crippen molar-refractivity contribution in [2.24, 2.45) is 11.5 Å². The molecule has 0 spiro atoms. The number of primary amides is 2. The summed E-state index contributed by atoms with van der Waals surface area (Å²) in [7, 11) is 0. The third kappa shape index (κ3) is 4.84. The Labute approximate surface area is 197 Å². The SMILES string of the molecule is Cc1ccc(OC[C@H]2OC(n3cc(C(N)=O)c(C(N)=O)c3N)C[C@@H]2Oc2ccc(C)cc2)cc1. The van der Waals surface area contributed by atoms with Crippen molar-refractivity contribution < 1.29 is 23.8 Å². The molecule has 0 radical (unpaired) electrons. The Kier molecular flexibility index (Phi) is 6.47. The largest absolute Gasteiger partial charge is 0.491 e. The number of nitrogens with zero attached hydrogens (tertiary/aromatic N) is 1. The number of ether oxygens (including phenoxy) is 3. The average Bonchev–Trinajstić information content (AvgIpc) is 3.35. The summed E-state index contributed by atoms with van der Waals surface area (Å²) in [6.07, 6.45) is 0.338. The summed E-state index contributed by atoms with van der Waals surface area (Å²) in [5.74, 6) is -0.227. The summed E-state index contributed by atoms with van der Waals surface area (Å²) in [5.41, 5.74) is 19.1. The van der Waals surface area contributed by atoms with Crippen LogP contribution in [0.4, 0.5) is 5.82 Å². The van der Waals surface area contributed by atoms with Gasteiger partial charge in [0.05, 0.1) is 11.1 Å². The highest BCUT2D eigenvalue weighted by Crippen LogP contribution is 2.36. The van der Waals surface area contributed by atoms with Crippen molar-refractivity contribution in [1.29, 1.82) is 0 Å². The van der Waals surface area contributed by atoms with Crippen molar-refractivity contribution in [3.05, 3.63) is 77.0 Å². The van der Waals surface area contributed by atoms with Crippen LogP contribution in [0.15, 0.2) is 54.7 Å². The molecule has 2 amide bonds. The first-order chi connectivity index (χ1) is 16.2. The van der Waals surface area contributed by atoms with E-state index in [1.54, 1.807) is 0 Å². The number of hydrogen-bond acceptors (Lipinski definition) is 6. The van der Waals surface area contributed by atoms with Crippen molar-refractivity contribution in [3.8, 4) is 11.5 Å². The molecule has 2 heterocycles. The summed E-state index contributed by atoms with van der Waals surface area (Å²) in [4.78, 5) is 23.7. The summed E-state index contributed by atoms with van der Waals surface area (Å²) in [5, 5.41) is 0. The fraction of sp³-hybridized carbons (Fsp3) is 0.280. The van der Waals surface area contributed by atoms with E-state index in [2.05, 4.69) is 0 Å². The Morgan fingerprint density at radius 3 is 2.09 bits per heavy atom. The maximum atomic E-state index is 11.9. The molecule has 1 unspecified atom stereocenters. The van der Waals surface area contributed by atoms with Gasteiger partial charge in [0.25, 0.3) is 11.8 Å². The number of aryl methyl sites for hydroxylation is 2.